The fourth-order valence-corrected chi connectivity index (χ4v) is 4.47. The topological polar surface area (TPSA) is 70.6 Å². The largest absolute Gasteiger partial charge is 0.495 e. The molecule has 1 atom stereocenters. The Bertz CT molecular complexity index is 910. The molecule has 1 aliphatic heterocycles. The second kappa shape index (κ2) is 7.89. The summed E-state index contributed by atoms with van der Waals surface area (Å²) in [6, 6.07) is 6.15. The predicted molar refractivity (Wildman–Crippen MR) is 115 cm³/mol. The Morgan fingerprint density at radius 2 is 2.03 bits per heavy atom. The van der Waals surface area contributed by atoms with Crippen molar-refractivity contribution in [1.82, 2.24) is 9.97 Å². The van der Waals surface area contributed by atoms with E-state index < -0.39 is 0 Å². The van der Waals surface area contributed by atoms with Crippen molar-refractivity contribution in [3.05, 3.63) is 30.0 Å². The molecule has 1 amide bonds. The fourth-order valence-electron chi connectivity index (χ4n) is 4.47. The molecule has 1 fully saturated rings. The molecule has 7 heteroatoms. The average molecular weight is 396 g/mol. The van der Waals surface area contributed by atoms with E-state index in [9.17, 15) is 4.79 Å². The van der Waals surface area contributed by atoms with Gasteiger partial charge in [-0.25, -0.2) is 4.98 Å². The van der Waals surface area contributed by atoms with Crippen LogP contribution in [0.4, 0.5) is 23.1 Å². The fraction of sp³-hybridized carbons (Fsp3) is 0.500. The number of nitrogens with zero attached hydrogens (tertiary/aromatic N) is 4. The van der Waals surface area contributed by atoms with Gasteiger partial charge in [0.15, 0.2) is 5.82 Å². The Hall–Kier alpha value is -2.83. The van der Waals surface area contributed by atoms with Crippen molar-refractivity contribution in [2.24, 2.45) is 0 Å². The van der Waals surface area contributed by atoms with Gasteiger partial charge in [0, 0.05) is 13.1 Å². The van der Waals surface area contributed by atoms with Crippen LogP contribution in [0.5, 0.6) is 5.75 Å². The van der Waals surface area contributed by atoms with Crippen LogP contribution < -0.4 is 19.9 Å². The summed E-state index contributed by atoms with van der Waals surface area (Å²) in [5, 5.41) is 3.29. The lowest BCUT2D eigenvalue weighted by Crippen LogP contribution is -2.55. The number of nitrogens with one attached hydrogen (secondary N) is 1. The van der Waals surface area contributed by atoms with Crippen LogP contribution in [0, 0.1) is 6.92 Å². The van der Waals surface area contributed by atoms with Crippen molar-refractivity contribution in [2.75, 3.05) is 29.3 Å². The molecule has 2 aromatic rings. The quantitative estimate of drug-likeness (QED) is 0.824. The maximum Gasteiger partial charge on any atom is 0.249 e. The molecule has 1 N–H and O–H groups in total. The predicted octanol–water partition coefficient (Wildman–Crippen LogP) is 4.04. The van der Waals surface area contributed by atoms with Gasteiger partial charge in [0.1, 0.15) is 17.5 Å². The van der Waals surface area contributed by atoms with Crippen molar-refractivity contribution in [1.29, 1.82) is 0 Å². The van der Waals surface area contributed by atoms with Crippen molar-refractivity contribution < 1.29 is 9.53 Å². The van der Waals surface area contributed by atoms with Gasteiger partial charge in [-0.3, -0.25) is 4.79 Å². The van der Waals surface area contributed by atoms with Crippen LogP contribution in [0.15, 0.2) is 24.4 Å². The number of hydrogen-bond donors (Lipinski definition) is 1. The Labute approximate surface area is 172 Å². The number of amides is 1. The summed E-state index contributed by atoms with van der Waals surface area (Å²) in [6.45, 7) is 4.10. The van der Waals surface area contributed by atoms with E-state index in [1.165, 1.54) is 12.8 Å². The first-order valence-electron chi connectivity index (χ1n) is 10.4. The number of aromatic nitrogens is 2. The van der Waals surface area contributed by atoms with E-state index in [0.717, 1.165) is 47.8 Å². The van der Waals surface area contributed by atoms with E-state index >= 15 is 0 Å². The highest BCUT2D eigenvalue weighted by Crippen LogP contribution is 2.40. The number of hydrogen-bond acceptors (Lipinski definition) is 6. The van der Waals surface area contributed by atoms with Gasteiger partial charge >= 0.3 is 0 Å². The lowest BCUT2D eigenvalue weighted by molar-refractivity contribution is -0.120. The van der Waals surface area contributed by atoms with Gasteiger partial charge in [-0.2, -0.15) is 4.98 Å². The Kier molecular flexibility index (Phi) is 5.30. The average Bonchev–Trinajstić information content (AvgIpc) is 3.26. The summed E-state index contributed by atoms with van der Waals surface area (Å²) in [5.74, 6) is 2.22. The number of methoxy groups -OCH3 is 1. The van der Waals surface area contributed by atoms with Gasteiger partial charge in [-0.1, -0.05) is 25.8 Å². The number of likely N-dealkylation sites (N-methyl/N-ethyl adjacent to an activating group) is 1. The second-order valence-corrected chi connectivity index (χ2v) is 7.90. The number of fused-ring (bicyclic) bond motifs is 1. The molecule has 0 radical (unpaired) electrons. The van der Waals surface area contributed by atoms with Crippen LogP contribution in [-0.4, -0.2) is 42.1 Å². The molecule has 7 nitrogen and oxygen atoms in total. The van der Waals surface area contributed by atoms with Crippen LogP contribution >= 0.6 is 0 Å². The Morgan fingerprint density at radius 3 is 2.72 bits per heavy atom. The highest BCUT2D eigenvalue weighted by atomic mass is 16.5. The summed E-state index contributed by atoms with van der Waals surface area (Å²) >= 11 is 0. The third kappa shape index (κ3) is 3.50. The lowest BCUT2D eigenvalue weighted by Gasteiger charge is -2.43. The molecule has 1 aliphatic carbocycles. The normalized spacial score (nSPS) is 19.4. The number of ether oxygens (including phenoxy) is 1. The van der Waals surface area contributed by atoms with Crippen LogP contribution in [0.3, 0.4) is 0 Å². The van der Waals surface area contributed by atoms with E-state index in [1.807, 2.05) is 32.2 Å². The minimum Gasteiger partial charge on any atom is -0.495 e. The molecule has 29 heavy (non-hydrogen) atoms. The number of benzene rings is 1. The first-order valence-corrected chi connectivity index (χ1v) is 10.4. The molecule has 4 rings (SSSR count). The number of rotatable bonds is 5. The first kappa shape index (κ1) is 19.5. The molecular weight excluding hydrogens is 366 g/mol. The molecule has 154 valence electrons. The number of carbonyl (C=O) groups is 1. The third-order valence-corrected chi connectivity index (χ3v) is 6.02. The van der Waals surface area contributed by atoms with Gasteiger partial charge in [-0.05, 0) is 43.9 Å². The summed E-state index contributed by atoms with van der Waals surface area (Å²) in [7, 11) is 3.47. The minimum absolute atomic E-state index is 0.122. The lowest BCUT2D eigenvalue weighted by atomic mass is 10.0. The van der Waals surface area contributed by atoms with Crippen molar-refractivity contribution >= 4 is 29.0 Å². The SMILES string of the molecule is CCC1C(=O)N(C)c2cnc(Nc3ccc(C)cc3OC)nc2N1C1CCCC1. The monoisotopic (exact) mass is 395 g/mol. The minimum atomic E-state index is -0.174. The molecular formula is C22H29N5O2. The zero-order chi connectivity index (χ0) is 20.5. The zero-order valence-electron chi connectivity index (χ0n) is 17.6. The van der Waals surface area contributed by atoms with Crippen LogP contribution in [0.1, 0.15) is 44.6 Å². The van der Waals surface area contributed by atoms with E-state index in [4.69, 9.17) is 9.72 Å². The third-order valence-electron chi connectivity index (χ3n) is 6.02. The number of anilines is 4. The van der Waals surface area contributed by atoms with Crippen molar-refractivity contribution in [3.8, 4) is 5.75 Å². The number of aryl methyl sites for hydroxylation is 1. The zero-order valence-corrected chi connectivity index (χ0v) is 17.6. The first-order chi connectivity index (χ1) is 14.0. The highest BCUT2D eigenvalue weighted by Gasteiger charge is 2.41. The molecule has 2 heterocycles. The van der Waals surface area contributed by atoms with Crippen LogP contribution in [-0.2, 0) is 4.79 Å². The molecule has 1 unspecified atom stereocenters. The smallest absolute Gasteiger partial charge is 0.249 e. The van der Waals surface area contributed by atoms with Crippen LogP contribution in [0.25, 0.3) is 0 Å². The standard InChI is InChI=1S/C22H29N5O2/c1-5-17-21(28)26(3)18-13-23-22(24-16-11-10-14(2)12-19(16)29-4)25-20(18)27(17)15-8-6-7-9-15/h10-13,15,17H,5-9H2,1-4H3,(H,23,24,25). The molecule has 1 aromatic heterocycles. The summed E-state index contributed by atoms with van der Waals surface area (Å²) < 4.78 is 5.50. The molecule has 0 spiro atoms. The number of carbonyl (C=O) groups excluding carboxylic acids is 1. The maximum atomic E-state index is 13.0. The van der Waals surface area contributed by atoms with E-state index in [2.05, 4.69) is 22.1 Å². The second-order valence-electron chi connectivity index (χ2n) is 7.90. The van der Waals surface area contributed by atoms with Gasteiger partial charge in [0.25, 0.3) is 0 Å². The molecule has 1 aromatic carbocycles. The summed E-state index contributed by atoms with van der Waals surface area (Å²) in [5.41, 5.74) is 2.71. The molecule has 2 aliphatic rings. The van der Waals surface area contributed by atoms with Gasteiger partial charge < -0.3 is 19.9 Å². The maximum absolute atomic E-state index is 13.0. The van der Waals surface area contributed by atoms with E-state index in [0.29, 0.717) is 12.0 Å². The van der Waals surface area contributed by atoms with Crippen molar-refractivity contribution in [2.45, 2.75) is 58.0 Å². The summed E-state index contributed by atoms with van der Waals surface area (Å²) in [4.78, 5) is 26.3. The molecule has 0 saturated heterocycles. The van der Waals surface area contributed by atoms with Gasteiger partial charge in [0.2, 0.25) is 11.9 Å². The Morgan fingerprint density at radius 1 is 1.28 bits per heavy atom. The highest BCUT2D eigenvalue weighted by molar-refractivity contribution is 6.04. The molecule has 0 bridgehead atoms. The van der Waals surface area contributed by atoms with E-state index in [1.54, 1.807) is 18.2 Å². The van der Waals surface area contributed by atoms with Crippen LogP contribution in [0.2, 0.25) is 0 Å². The van der Waals surface area contributed by atoms with Crippen molar-refractivity contribution in [3.63, 3.8) is 0 Å². The summed E-state index contributed by atoms with van der Waals surface area (Å²) in [6.07, 6.45) is 7.12. The van der Waals surface area contributed by atoms with E-state index in [-0.39, 0.29) is 11.9 Å². The Balaban J connectivity index is 1.74. The molecule has 1 saturated carbocycles. The van der Waals surface area contributed by atoms with Gasteiger partial charge in [0.05, 0.1) is 19.0 Å². The van der Waals surface area contributed by atoms with Gasteiger partial charge in [-0.15, -0.1) is 0 Å².